The SMILES string of the molecule is CNC(=O)c1ccc(Cc2cc3c(cc2C)CCN(c2ncccn2)C3=O)cc1F. The molecule has 0 saturated carbocycles. The number of anilines is 1. The molecule has 1 aromatic heterocycles. The fourth-order valence-corrected chi connectivity index (χ4v) is 3.72. The molecule has 2 heterocycles. The molecule has 0 bridgehead atoms. The third kappa shape index (κ3) is 3.66. The number of carbonyl (C=O) groups is 2. The molecule has 0 atom stereocenters. The Morgan fingerprint density at radius 1 is 1.20 bits per heavy atom. The highest BCUT2D eigenvalue weighted by molar-refractivity contribution is 6.07. The second kappa shape index (κ2) is 8.02. The van der Waals surface area contributed by atoms with Gasteiger partial charge in [0, 0.05) is 31.5 Å². The Labute approximate surface area is 173 Å². The van der Waals surface area contributed by atoms with E-state index in [-0.39, 0.29) is 11.5 Å². The zero-order valence-electron chi connectivity index (χ0n) is 16.8. The summed E-state index contributed by atoms with van der Waals surface area (Å²) in [5.74, 6) is -0.768. The monoisotopic (exact) mass is 404 g/mol. The molecule has 0 radical (unpaired) electrons. The van der Waals surface area contributed by atoms with E-state index < -0.39 is 11.7 Å². The van der Waals surface area contributed by atoms with Crippen LogP contribution in [0.3, 0.4) is 0 Å². The van der Waals surface area contributed by atoms with Crippen LogP contribution in [0.5, 0.6) is 0 Å². The van der Waals surface area contributed by atoms with Crippen LogP contribution in [0.25, 0.3) is 0 Å². The lowest BCUT2D eigenvalue weighted by Crippen LogP contribution is -2.38. The Morgan fingerprint density at radius 3 is 2.67 bits per heavy atom. The van der Waals surface area contributed by atoms with Gasteiger partial charge in [-0.25, -0.2) is 14.4 Å². The first-order chi connectivity index (χ1) is 14.5. The van der Waals surface area contributed by atoms with Gasteiger partial charge < -0.3 is 5.32 Å². The minimum absolute atomic E-state index is 0.0112. The first-order valence-corrected chi connectivity index (χ1v) is 9.69. The van der Waals surface area contributed by atoms with Crippen molar-refractivity contribution in [1.29, 1.82) is 0 Å². The van der Waals surface area contributed by atoms with Crippen molar-refractivity contribution in [3.8, 4) is 0 Å². The Morgan fingerprint density at radius 2 is 1.97 bits per heavy atom. The summed E-state index contributed by atoms with van der Waals surface area (Å²) < 4.78 is 14.3. The van der Waals surface area contributed by atoms with Gasteiger partial charge in [-0.1, -0.05) is 12.1 Å². The van der Waals surface area contributed by atoms with Crippen LogP contribution in [-0.4, -0.2) is 35.4 Å². The molecule has 1 N–H and O–H groups in total. The van der Waals surface area contributed by atoms with Crippen LogP contribution in [0.15, 0.2) is 48.8 Å². The third-order valence-corrected chi connectivity index (χ3v) is 5.34. The minimum Gasteiger partial charge on any atom is -0.355 e. The van der Waals surface area contributed by atoms with E-state index in [9.17, 15) is 14.0 Å². The Kier molecular flexibility index (Phi) is 5.27. The number of aromatic nitrogens is 2. The number of aryl methyl sites for hydroxylation is 1. The molecule has 0 unspecified atom stereocenters. The highest BCUT2D eigenvalue weighted by atomic mass is 19.1. The molecule has 0 spiro atoms. The number of nitrogens with zero attached hydrogens (tertiary/aromatic N) is 3. The smallest absolute Gasteiger partial charge is 0.260 e. The molecule has 0 saturated heterocycles. The normalized spacial score (nSPS) is 13.2. The lowest BCUT2D eigenvalue weighted by atomic mass is 9.91. The molecule has 0 fully saturated rings. The van der Waals surface area contributed by atoms with Gasteiger partial charge in [-0.2, -0.15) is 0 Å². The summed E-state index contributed by atoms with van der Waals surface area (Å²) in [6, 6.07) is 10.2. The van der Waals surface area contributed by atoms with Crippen molar-refractivity contribution >= 4 is 17.8 Å². The molecule has 30 heavy (non-hydrogen) atoms. The third-order valence-electron chi connectivity index (χ3n) is 5.34. The molecule has 2 aromatic carbocycles. The average molecular weight is 404 g/mol. The molecule has 4 rings (SSSR count). The number of fused-ring (bicyclic) bond motifs is 1. The zero-order valence-corrected chi connectivity index (χ0v) is 16.8. The first kappa shape index (κ1) is 19.7. The quantitative estimate of drug-likeness (QED) is 0.725. The lowest BCUT2D eigenvalue weighted by molar-refractivity contribution is 0.0956. The number of benzene rings is 2. The standard InChI is InChI=1S/C23H21FN4O2/c1-14-10-16-6-9-28(23-26-7-3-8-27-23)22(30)19(16)13-17(14)11-15-4-5-18(20(24)12-15)21(29)25-2/h3-5,7-8,10,12-13H,6,9,11H2,1-2H3,(H,25,29). The van der Waals surface area contributed by atoms with E-state index in [1.807, 2.05) is 19.1 Å². The topological polar surface area (TPSA) is 75.2 Å². The van der Waals surface area contributed by atoms with Gasteiger partial charge in [0.25, 0.3) is 11.8 Å². The predicted octanol–water partition coefficient (Wildman–Crippen LogP) is 3.08. The summed E-state index contributed by atoms with van der Waals surface area (Å²) >= 11 is 0. The number of rotatable bonds is 4. The Balaban J connectivity index is 1.64. The number of nitrogens with one attached hydrogen (secondary N) is 1. The van der Waals surface area contributed by atoms with Crippen LogP contribution in [0.2, 0.25) is 0 Å². The van der Waals surface area contributed by atoms with Crippen molar-refractivity contribution in [2.75, 3.05) is 18.5 Å². The van der Waals surface area contributed by atoms with E-state index in [2.05, 4.69) is 15.3 Å². The number of halogens is 1. The summed E-state index contributed by atoms with van der Waals surface area (Å²) in [7, 11) is 1.47. The van der Waals surface area contributed by atoms with E-state index in [1.54, 1.807) is 29.4 Å². The van der Waals surface area contributed by atoms with Gasteiger partial charge in [-0.05, 0) is 66.3 Å². The molecule has 7 heteroatoms. The molecule has 1 aliphatic heterocycles. The van der Waals surface area contributed by atoms with E-state index in [0.29, 0.717) is 24.5 Å². The van der Waals surface area contributed by atoms with Gasteiger partial charge in [0.2, 0.25) is 5.95 Å². The second-order valence-corrected chi connectivity index (χ2v) is 7.26. The highest BCUT2D eigenvalue weighted by Gasteiger charge is 2.28. The van der Waals surface area contributed by atoms with Crippen molar-refractivity contribution in [3.05, 3.63) is 88.0 Å². The Bertz CT molecular complexity index is 1130. The molecule has 6 nitrogen and oxygen atoms in total. The van der Waals surface area contributed by atoms with Crippen molar-refractivity contribution in [2.24, 2.45) is 0 Å². The molecule has 3 aromatic rings. The van der Waals surface area contributed by atoms with Crippen LogP contribution >= 0.6 is 0 Å². The van der Waals surface area contributed by atoms with Crippen LogP contribution in [0, 0.1) is 12.7 Å². The van der Waals surface area contributed by atoms with E-state index in [0.717, 1.165) is 28.7 Å². The minimum atomic E-state index is -0.564. The lowest BCUT2D eigenvalue weighted by Gasteiger charge is -2.27. The van der Waals surface area contributed by atoms with Crippen molar-refractivity contribution < 1.29 is 14.0 Å². The summed E-state index contributed by atoms with van der Waals surface area (Å²) in [5, 5.41) is 2.43. The highest BCUT2D eigenvalue weighted by Crippen LogP contribution is 2.27. The molecule has 1 aliphatic rings. The van der Waals surface area contributed by atoms with Gasteiger partial charge in [-0.3, -0.25) is 14.5 Å². The summed E-state index contributed by atoms with van der Waals surface area (Å²) in [4.78, 5) is 34.7. The van der Waals surface area contributed by atoms with Crippen LogP contribution in [0.4, 0.5) is 10.3 Å². The number of amides is 2. The van der Waals surface area contributed by atoms with Crippen molar-refractivity contribution in [3.63, 3.8) is 0 Å². The van der Waals surface area contributed by atoms with Gasteiger partial charge in [0.15, 0.2) is 0 Å². The largest absolute Gasteiger partial charge is 0.355 e. The molecule has 152 valence electrons. The zero-order chi connectivity index (χ0) is 21.3. The number of hydrogen-bond donors (Lipinski definition) is 1. The second-order valence-electron chi connectivity index (χ2n) is 7.26. The maximum Gasteiger partial charge on any atom is 0.260 e. The van der Waals surface area contributed by atoms with Gasteiger partial charge in [-0.15, -0.1) is 0 Å². The maximum absolute atomic E-state index is 14.3. The summed E-state index contributed by atoms with van der Waals surface area (Å²) in [5.41, 5.74) is 4.34. The van der Waals surface area contributed by atoms with E-state index in [1.165, 1.54) is 19.2 Å². The van der Waals surface area contributed by atoms with Crippen molar-refractivity contribution in [2.45, 2.75) is 19.8 Å². The fraction of sp³-hybridized carbons (Fsp3) is 0.217. The molecule has 0 aliphatic carbocycles. The van der Waals surface area contributed by atoms with Crippen LogP contribution in [0.1, 0.15) is 43.0 Å². The van der Waals surface area contributed by atoms with Crippen molar-refractivity contribution in [1.82, 2.24) is 15.3 Å². The molecular weight excluding hydrogens is 383 g/mol. The number of carbonyl (C=O) groups excluding carboxylic acids is 2. The van der Waals surface area contributed by atoms with E-state index in [4.69, 9.17) is 0 Å². The average Bonchev–Trinajstić information content (AvgIpc) is 2.75. The van der Waals surface area contributed by atoms with Crippen LogP contribution < -0.4 is 10.2 Å². The Hall–Kier alpha value is -3.61. The van der Waals surface area contributed by atoms with E-state index >= 15 is 0 Å². The first-order valence-electron chi connectivity index (χ1n) is 9.69. The van der Waals surface area contributed by atoms with Gasteiger partial charge in [0.05, 0.1) is 5.56 Å². The predicted molar refractivity (Wildman–Crippen MR) is 111 cm³/mol. The van der Waals surface area contributed by atoms with Crippen LogP contribution in [-0.2, 0) is 12.8 Å². The summed E-state index contributed by atoms with van der Waals surface area (Å²) in [6.45, 7) is 2.52. The number of hydrogen-bond acceptors (Lipinski definition) is 4. The molecular formula is C23H21FN4O2. The molecule has 2 amide bonds. The fourth-order valence-electron chi connectivity index (χ4n) is 3.72. The summed E-state index contributed by atoms with van der Waals surface area (Å²) in [6.07, 6.45) is 4.40. The van der Waals surface area contributed by atoms with Gasteiger partial charge >= 0.3 is 0 Å². The maximum atomic E-state index is 14.3. The van der Waals surface area contributed by atoms with Gasteiger partial charge in [0.1, 0.15) is 5.82 Å².